The van der Waals surface area contributed by atoms with Crippen LogP contribution in [0.3, 0.4) is 0 Å². The van der Waals surface area contributed by atoms with Crippen molar-refractivity contribution in [2.75, 3.05) is 6.54 Å². The minimum absolute atomic E-state index is 0.0843. The van der Waals surface area contributed by atoms with Crippen molar-refractivity contribution in [3.8, 4) is 0 Å². The smallest absolute Gasteiger partial charge is 0.332 e. The van der Waals surface area contributed by atoms with Gasteiger partial charge in [-0.15, -0.1) is 0 Å². The molecule has 2 unspecified atom stereocenters. The van der Waals surface area contributed by atoms with Gasteiger partial charge in [0.2, 0.25) is 10.0 Å². The molecule has 1 fully saturated rings. The van der Waals surface area contributed by atoms with E-state index < -0.39 is 22.1 Å². The van der Waals surface area contributed by atoms with Crippen LogP contribution in [0.5, 0.6) is 0 Å². The van der Waals surface area contributed by atoms with Gasteiger partial charge < -0.3 is 9.84 Å². The second-order valence-electron chi connectivity index (χ2n) is 4.33. The summed E-state index contributed by atoms with van der Waals surface area (Å²) in [5.41, 5.74) is 0. The molecule has 1 aromatic rings. The fourth-order valence-corrected chi connectivity index (χ4v) is 3.01. The second-order valence-corrected chi connectivity index (χ2v) is 6.09. The summed E-state index contributed by atoms with van der Waals surface area (Å²) in [6.45, 7) is 0.0843. The van der Waals surface area contributed by atoms with Gasteiger partial charge in [0.1, 0.15) is 0 Å². The maximum absolute atomic E-state index is 11.9. The van der Waals surface area contributed by atoms with Crippen LogP contribution in [0.15, 0.2) is 35.2 Å². The quantitative estimate of drug-likeness (QED) is 0.826. The molecular weight excluding hydrogens is 270 g/mol. The number of carboxylic acids is 1. The average Bonchev–Trinajstić information content (AvgIpc) is 2.87. The molecular formula is C12H15NO5S. The van der Waals surface area contributed by atoms with Crippen molar-refractivity contribution >= 4 is 16.0 Å². The number of nitrogens with one attached hydrogen (secondary N) is 1. The van der Waals surface area contributed by atoms with Crippen LogP contribution in [-0.2, 0) is 19.6 Å². The van der Waals surface area contributed by atoms with Gasteiger partial charge in [-0.1, -0.05) is 18.2 Å². The zero-order valence-electron chi connectivity index (χ0n) is 10.2. The first kappa shape index (κ1) is 14.0. The highest BCUT2D eigenvalue weighted by Gasteiger charge is 2.31. The van der Waals surface area contributed by atoms with E-state index in [4.69, 9.17) is 9.84 Å². The summed E-state index contributed by atoms with van der Waals surface area (Å²) in [5.74, 6) is -1.01. The number of aliphatic carboxylic acids is 1. The molecule has 1 aromatic carbocycles. The van der Waals surface area contributed by atoms with Gasteiger partial charge in [0.15, 0.2) is 6.10 Å². The van der Waals surface area contributed by atoms with E-state index in [1.807, 2.05) is 0 Å². The molecule has 2 rings (SSSR count). The van der Waals surface area contributed by atoms with Crippen LogP contribution in [0.1, 0.15) is 12.8 Å². The number of hydrogen-bond acceptors (Lipinski definition) is 4. The van der Waals surface area contributed by atoms with Gasteiger partial charge in [-0.05, 0) is 25.0 Å². The monoisotopic (exact) mass is 285 g/mol. The molecule has 1 aliphatic heterocycles. The summed E-state index contributed by atoms with van der Waals surface area (Å²) in [6.07, 6.45) is -0.271. The van der Waals surface area contributed by atoms with E-state index in [0.29, 0.717) is 12.8 Å². The van der Waals surface area contributed by atoms with Crippen LogP contribution in [0, 0.1) is 0 Å². The summed E-state index contributed by atoms with van der Waals surface area (Å²) < 4.78 is 31.5. The fourth-order valence-electron chi connectivity index (χ4n) is 1.92. The van der Waals surface area contributed by atoms with Crippen LogP contribution in [0.25, 0.3) is 0 Å². The van der Waals surface area contributed by atoms with Crippen LogP contribution < -0.4 is 4.72 Å². The van der Waals surface area contributed by atoms with E-state index in [9.17, 15) is 13.2 Å². The standard InChI is InChI=1S/C12H15NO5S/c14-12(15)11-7-6-9(18-11)8-13-19(16,17)10-4-2-1-3-5-10/h1-5,9,11,13H,6-8H2,(H,14,15). The normalized spacial score (nSPS) is 23.4. The Bertz CT molecular complexity index is 542. The van der Waals surface area contributed by atoms with Crippen molar-refractivity contribution in [2.24, 2.45) is 0 Å². The minimum Gasteiger partial charge on any atom is -0.479 e. The number of sulfonamides is 1. The lowest BCUT2D eigenvalue weighted by Gasteiger charge is -2.12. The molecule has 1 saturated heterocycles. The predicted molar refractivity (Wildman–Crippen MR) is 67.2 cm³/mol. The minimum atomic E-state index is -3.56. The van der Waals surface area contributed by atoms with Crippen molar-refractivity contribution in [2.45, 2.75) is 29.9 Å². The molecule has 1 heterocycles. The summed E-state index contributed by atoms with van der Waals surface area (Å²) in [6, 6.07) is 8.01. The number of carboxylic acid groups (broad SMARTS) is 1. The third-order valence-electron chi connectivity index (χ3n) is 2.94. The molecule has 2 N–H and O–H groups in total. The molecule has 6 nitrogen and oxygen atoms in total. The predicted octanol–water partition coefficient (Wildman–Crippen LogP) is 0.597. The first-order valence-electron chi connectivity index (χ1n) is 5.92. The number of hydrogen-bond donors (Lipinski definition) is 2. The molecule has 0 saturated carbocycles. The Hall–Kier alpha value is -1.44. The van der Waals surface area contributed by atoms with Crippen LogP contribution >= 0.6 is 0 Å². The maximum atomic E-state index is 11.9. The van der Waals surface area contributed by atoms with E-state index in [1.165, 1.54) is 12.1 Å². The highest BCUT2D eigenvalue weighted by atomic mass is 32.2. The van der Waals surface area contributed by atoms with Gasteiger partial charge in [0.25, 0.3) is 0 Å². The van der Waals surface area contributed by atoms with Crippen molar-refractivity contribution in [3.63, 3.8) is 0 Å². The second kappa shape index (κ2) is 5.68. The Morgan fingerprint density at radius 1 is 1.32 bits per heavy atom. The molecule has 0 radical (unpaired) electrons. The Kier molecular flexibility index (Phi) is 4.18. The maximum Gasteiger partial charge on any atom is 0.332 e. The van der Waals surface area contributed by atoms with Gasteiger partial charge in [-0.2, -0.15) is 0 Å². The number of carbonyl (C=O) groups is 1. The molecule has 2 atom stereocenters. The van der Waals surface area contributed by atoms with Crippen molar-refractivity contribution in [1.29, 1.82) is 0 Å². The molecule has 0 aromatic heterocycles. The van der Waals surface area contributed by atoms with Crippen molar-refractivity contribution in [1.82, 2.24) is 4.72 Å². The lowest BCUT2D eigenvalue weighted by atomic mass is 10.2. The lowest BCUT2D eigenvalue weighted by molar-refractivity contribution is -0.149. The zero-order valence-corrected chi connectivity index (χ0v) is 11.0. The SMILES string of the molecule is O=C(O)C1CCC(CNS(=O)(=O)c2ccccc2)O1. The molecule has 19 heavy (non-hydrogen) atoms. The third-order valence-corrected chi connectivity index (χ3v) is 4.38. The highest BCUT2D eigenvalue weighted by Crippen LogP contribution is 2.19. The fraction of sp³-hybridized carbons (Fsp3) is 0.417. The van der Waals surface area contributed by atoms with E-state index in [1.54, 1.807) is 18.2 Å². The molecule has 1 aliphatic rings. The first-order valence-corrected chi connectivity index (χ1v) is 7.40. The Labute approximate surface area is 111 Å². The van der Waals surface area contributed by atoms with E-state index >= 15 is 0 Å². The van der Waals surface area contributed by atoms with Crippen molar-refractivity contribution < 1.29 is 23.1 Å². The molecule has 0 spiro atoms. The van der Waals surface area contributed by atoms with Gasteiger partial charge in [0, 0.05) is 6.54 Å². The average molecular weight is 285 g/mol. The van der Waals surface area contributed by atoms with E-state index in [2.05, 4.69) is 4.72 Å². The zero-order chi connectivity index (χ0) is 13.9. The molecule has 104 valence electrons. The van der Waals surface area contributed by atoms with Gasteiger partial charge >= 0.3 is 5.97 Å². The summed E-state index contributed by atoms with van der Waals surface area (Å²) in [7, 11) is -3.56. The summed E-state index contributed by atoms with van der Waals surface area (Å²) >= 11 is 0. The van der Waals surface area contributed by atoms with E-state index in [-0.39, 0.29) is 17.5 Å². The topological polar surface area (TPSA) is 92.7 Å². The number of ether oxygens (including phenoxy) is 1. The van der Waals surface area contributed by atoms with Crippen LogP contribution in [-0.4, -0.2) is 38.2 Å². The molecule has 0 aliphatic carbocycles. The van der Waals surface area contributed by atoms with Crippen LogP contribution in [0.2, 0.25) is 0 Å². The number of rotatable bonds is 5. The summed E-state index contributed by atoms with van der Waals surface area (Å²) in [4.78, 5) is 10.9. The largest absolute Gasteiger partial charge is 0.479 e. The number of benzene rings is 1. The third kappa shape index (κ3) is 3.52. The highest BCUT2D eigenvalue weighted by molar-refractivity contribution is 7.89. The van der Waals surface area contributed by atoms with Crippen molar-refractivity contribution in [3.05, 3.63) is 30.3 Å². The Morgan fingerprint density at radius 2 is 2.00 bits per heavy atom. The lowest BCUT2D eigenvalue weighted by Crippen LogP contribution is -2.33. The molecule has 0 bridgehead atoms. The van der Waals surface area contributed by atoms with E-state index in [0.717, 1.165) is 0 Å². The first-order chi connectivity index (χ1) is 8.99. The Balaban J connectivity index is 1.91. The van der Waals surface area contributed by atoms with Gasteiger partial charge in [-0.3, -0.25) is 0 Å². The Morgan fingerprint density at radius 3 is 2.58 bits per heavy atom. The van der Waals surface area contributed by atoms with Gasteiger partial charge in [-0.25, -0.2) is 17.9 Å². The van der Waals surface area contributed by atoms with Crippen LogP contribution in [0.4, 0.5) is 0 Å². The van der Waals surface area contributed by atoms with Gasteiger partial charge in [0.05, 0.1) is 11.0 Å². The molecule has 7 heteroatoms. The summed E-state index contributed by atoms with van der Waals surface area (Å²) in [5, 5.41) is 8.77. The molecule has 0 amide bonds.